The van der Waals surface area contributed by atoms with E-state index in [2.05, 4.69) is 0 Å². The molecule has 2 aliphatic heterocycles. The van der Waals surface area contributed by atoms with Gasteiger partial charge in [-0.1, -0.05) is 12.1 Å². The third-order valence-corrected chi connectivity index (χ3v) is 6.02. The Labute approximate surface area is 175 Å². The molecule has 0 aliphatic carbocycles. The molecule has 0 bridgehead atoms. The molecule has 6 nitrogen and oxygen atoms in total. The average Bonchev–Trinajstić information content (AvgIpc) is 3.18. The van der Waals surface area contributed by atoms with Crippen LogP contribution in [-0.2, 0) is 11.2 Å². The fourth-order valence-electron chi connectivity index (χ4n) is 4.29. The number of nitrogens with zero attached hydrogens (tertiary/aromatic N) is 2. The number of ether oxygens (including phenoxy) is 1. The molecule has 4 rings (SSSR count). The minimum atomic E-state index is -0.594. The van der Waals surface area contributed by atoms with Crippen molar-refractivity contribution in [3.05, 3.63) is 59.4 Å². The zero-order chi connectivity index (χ0) is 21.3. The quantitative estimate of drug-likeness (QED) is 0.821. The van der Waals surface area contributed by atoms with E-state index >= 15 is 0 Å². The number of likely N-dealkylation sites (tertiary alicyclic amines) is 2. The highest BCUT2D eigenvalue weighted by molar-refractivity contribution is 5.96. The van der Waals surface area contributed by atoms with E-state index in [1.54, 1.807) is 16.8 Å². The van der Waals surface area contributed by atoms with Crippen molar-refractivity contribution in [2.45, 2.75) is 12.8 Å². The number of hydrogen-bond acceptors (Lipinski definition) is 4. The predicted octanol–water partition coefficient (Wildman–Crippen LogP) is 2.67. The number of piperidine rings is 1. The van der Waals surface area contributed by atoms with E-state index in [1.165, 1.54) is 18.2 Å². The zero-order valence-electron chi connectivity index (χ0n) is 17.0. The summed E-state index contributed by atoms with van der Waals surface area (Å²) in [5.74, 6) is 0.0111. The number of fused-ring (bicyclic) bond motifs is 1. The first-order chi connectivity index (χ1) is 14.5. The third-order valence-electron chi connectivity index (χ3n) is 6.02. The summed E-state index contributed by atoms with van der Waals surface area (Å²) >= 11 is 0. The number of amides is 2. The number of halogens is 1. The van der Waals surface area contributed by atoms with Gasteiger partial charge in [0.25, 0.3) is 5.91 Å². The van der Waals surface area contributed by atoms with Crippen LogP contribution in [-0.4, -0.2) is 54.8 Å². The molecule has 30 heavy (non-hydrogen) atoms. The number of rotatable bonds is 5. The molecule has 2 saturated heterocycles. The van der Waals surface area contributed by atoms with E-state index in [-0.39, 0.29) is 23.3 Å². The average molecular weight is 411 g/mol. The first kappa shape index (κ1) is 20.3. The van der Waals surface area contributed by atoms with E-state index in [9.17, 15) is 14.0 Å². The molecule has 2 aromatic rings. The Hall–Kier alpha value is -2.93. The smallest absolute Gasteiger partial charge is 0.256 e. The molecule has 0 unspecified atom stereocenters. The fraction of sp³-hybridized carbons (Fsp3) is 0.391. The largest absolute Gasteiger partial charge is 0.457 e. The summed E-state index contributed by atoms with van der Waals surface area (Å²) < 4.78 is 20.3. The molecule has 2 heterocycles. The van der Waals surface area contributed by atoms with Crippen molar-refractivity contribution in [1.29, 1.82) is 0 Å². The van der Waals surface area contributed by atoms with E-state index in [0.717, 1.165) is 18.4 Å². The van der Waals surface area contributed by atoms with Crippen LogP contribution in [0.5, 0.6) is 11.5 Å². The second-order valence-corrected chi connectivity index (χ2v) is 8.05. The van der Waals surface area contributed by atoms with Crippen molar-refractivity contribution in [2.24, 2.45) is 17.6 Å². The minimum Gasteiger partial charge on any atom is -0.457 e. The van der Waals surface area contributed by atoms with Gasteiger partial charge in [-0.2, -0.15) is 0 Å². The zero-order valence-corrected chi connectivity index (χ0v) is 17.0. The van der Waals surface area contributed by atoms with Crippen LogP contribution in [0.25, 0.3) is 0 Å². The van der Waals surface area contributed by atoms with Crippen molar-refractivity contribution < 1.29 is 18.7 Å². The van der Waals surface area contributed by atoms with Gasteiger partial charge in [-0.3, -0.25) is 9.59 Å². The Morgan fingerprint density at radius 1 is 1.17 bits per heavy atom. The lowest BCUT2D eigenvalue weighted by atomic mass is 9.88. The van der Waals surface area contributed by atoms with Crippen LogP contribution in [0.2, 0.25) is 0 Å². The maximum absolute atomic E-state index is 14.5. The minimum absolute atomic E-state index is 0.0355. The summed E-state index contributed by atoms with van der Waals surface area (Å²) in [4.78, 5) is 28.7. The number of nitrogens with two attached hydrogens (primary N) is 1. The van der Waals surface area contributed by atoms with Crippen LogP contribution < -0.4 is 10.5 Å². The lowest BCUT2D eigenvalue weighted by Crippen LogP contribution is -2.42. The maximum Gasteiger partial charge on any atom is 0.256 e. The van der Waals surface area contributed by atoms with Crippen molar-refractivity contribution in [1.82, 2.24) is 9.80 Å². The second kappa shape index (κ2) is 8.44. The van der Waals surface area contributed by atoms with Crippen LogP contribution in [0.4, 0.5) is 4.39 Å². The van der Waals surface area contributed by atoms with Crippen molar-refractivity contribution >= 4 is 11.8 Å². The Kier molecular flexibility index (Phi) is 5.72. The van der Waals surface area contributed by atoms with Crippen molar-refractivity contribution in [2.75, 3.05) is 33.2 Å². The topological polar surface area (TPSA) is 75.9 Å². The molecule has 2 N–H and O–H groups in total. The first-order valence-corrected chi connectivity index (χ1v) is 10.3. The number of benzene rings is 2. The molecule has 158 valence electrons. The third kappa shape index (κ3) is 4.03. The number of carbonyl (C=O) groups is 2. The summed E-state index contributed by atoms with van der Waals surface area (Å²) in [5, 5.41) is 0. The fourth-order valence-corrected chi connectivity index (χ4v) is 4.29. The summed E-state index contributed by atoms with van der Waals surface area (Å²) in [5.41, 5.74) is 6.63. The normalized spacial score (nSPS) is 21.0. The molecule has 0 saturated carbocycles. The van der Waals surface area contributed by atoms with E-state index < -0.39 is 11.7 Å². The Balaban J connectivity index is 1.49. The van der Waals surface area contributed by atoms with Crippen molar-refractivity contribution in [3.63, 3.8) is 0 Å². The monoisotopic (exact) mass is 411 g/mol. The van der Waals surface area contributed by atoms with E-state index in [0.29, 0.717) is 37.7 Å². The molecule has 0 aromatic heterocycles. The first-order valence-electron chi connectivity index (χ1n) is 10.3. The van der Waals surface area contributed by atoms with Crippen molar-refractivity contribution in [3.8, 4) is 11.5 Å². The highest BCUT2D eigenvalue weighted by Crippen LogP contribution is 2.33. The predicted molar refractivity (Wildman–Crippen MR) is 111 cm³/mol. The van der Waals surface area contributed by atoms with Gasteiger partial charge in [0.1, 0.15) is 17.3 Å². The molecule has 2 aromatic carbocycles. The Morgan fingerprint density at radius 3 is 2.63 bits per heavy atom. The molecular formula is C23H26FN3O3. The number of hydrogen-bond donors (Lipinski definition) is 1. The molecule has 0 radical (unpaired) electrons. The SMILES string of the molecule is CN1CC[C@@H]2CN(C(=O)c3cc(Oc4ccc(CCN)cc4)ccc3F)C[C@@H]2C1=O. The molecule has 2 atom stereocenters. The molecule has 7 heteroatoms. The van der Waals surface area contributed by atoms with E-state index in [4.69, 9.17) is 10.5 Å². The van der Waals surface area contributed by atoms with Crippen LogP contribution in [0, 0.1) is 17.7 Å². The van der Waals surface area contributed by atoms with Crippen LogP contribution in [0.3, 0.4) is 0 Å². The molecule has 2 aliphatic rings. The van der Waals surface area contributed by atoms with Gasteiger partial charge in [0.15, 0.2) is 0 Å². The van der Waals surface area contributed by atoms with Crippen LogP contribution >= 0.6 is 0 Å². The highest BCUT2D eigenvalue weighted by atomic mass is 19.1. The highest BCUT2D eigenvalue weighted by Gasteiger charge is 2.43. The molecular weight excluding hydrogens is 385 g/mol. The summed E-state index contributed by atoms with van der Waals surface area (Å²) in [6.45, 7) is 2.09. The van der Waals surface area contributed by atoms with Crippen LogP contribution in [0.15, 0.2) is 42.5 Å². The molecule has 0 spiro atoms. The van der Waals surface area contributed by atoms with Gasteiger partial charge in [-0.15, -0.1) is 0 Å². The van der Waals surface area contributed by atoms with E-state index in [1.807, 2.05) is 24.3 Å². The van der Waals surface area contributed by atoms with Gasteiger partial charge in [0.2, 0.25) is 5.91 Å². The summed E-state index contributed by atoms with van der Waals surface area (Å²) in [6, 6.07) is 11.7. The molecule has 2 amide bonds. The molecule has 2 fully saturated rings. The van der Waals surface area contributed by atoms with Gasteiger partial charge in [-0.25, -0.2) is 4.39 Å². The lowest BCUT2D eigenvalue weighted by Gasteiger charge is -2.30. The lowest BCUT2D eigenvalue weighted by molar-refractivity contribution is -0.137. The van der Waals surface area contributed by atoms with Gasteiger partial charge >= 0.3 is 0 Å². The maximum atomic E-state index is 14.5. The summed E-state index contributed by atoms with van der Waals surface area (Å²) in [7, 11) is 1.78. The van der Waals surface area contributed by atoms with Gasteiger partial charge in [0, 0.05) is 26.7 Å². The second-order valence-electron chi connectivity index (χ2n) is 8.05. The standard InChI is InChI=1S/C23H26FN3O3/c1-26-11-9-16-13-27(14-20(16)22(26)28)23(29)19-12-18(6-7-21(19)24)30-17-4-2-15(3-5-17)8-10-25/h2-7,12,16,20H,8-11,13-14,25H2,1H3/t16-,20+/m1/s1. The van der Waals surface area contributed by atoms with Gasteiger partial charge in [-0.05, 0) is 61.2 Å². The van der Waals surface area contributed by atoms with Crippen LogP contribution in [0.1, 0.15) is 22.3 Å². The van der Waals surface area contributed by atoms with Gasteiger partial charge < -0.3 is 20.3 Å². The summed E-state index contributed by atoms with van der Waals surface area (Å²) in [6.07, 6.45) is 1.65. The number of carbonyl (C=O) groups excluding carboxylic acids is 2. The van der Waals surface area contributed by atoms with Gasteiger partial charge in [0.05, 0.1) is 11.5 Å². The Bertz CT molecular complexity index is 947. The Morgan fingerprint density at radius 2 is 1.90 bits per heavy atom.